The van der Waals surface area contributed by atoms with Gasteiger partial charge in [-0.1, -0.05) is 19.4 Å². The van der Waals surface area contributed by atoms with Gasteiger partial charge in [0.2, 0.25) is 0 Å². The van der Waals surface area contributed by atoms with E-state index in [1.165, 1.54) is 0 Å². The summed E-state index contributed by atoms with van der Waals surface area (Å²) in [7, 11) is 0. The Labute approximate surface area is 116 Å². The largest absolute Gasteiger partial charge is 0.465 e. The fraction of sp³-hybridized carbons (Fsp3) is 0.462. The number of aromatic nitrogens is 3. The summed E-state index contributed by atoms with van der Waals surface area (Å²) in [5.74, 6) is 0.628. The summed E-state index contributed by atoms with van der Waals surface area (Å²) in [6.07, 6.45) is 1.59. The molecule has 0 saturated carbocycles. The maximum absolute atomic E-state index is 11.9. The van der Waals surface area contributed by atoms with Gasteiger partial charge in [0.25, 0.3) is 0 Å². The van der Waals surface area contributed by atoms with Crippen LogP contribution in [0.4, 0.5) is 0 Å². The second-order valence-corrected chi connectivity index (χ2v) is 5.06. The van der Waals surface area contributed by atoms with Crippen LogP contribution in [0.1, 0.15) is 38.4 Å². The molecule has 2 rings (SSSR count). The van der Waals surface area contributed by atoms with Crippen molar-refractivity contribution in [3.8, 4) is 10.7 Å². The normalized spacial score (nSPS) is 12.3. The van der Waals surface area contributed by atoms with Crippen LogP contribution in [0, 0.1) is 0 Å². The number of hydrogen-bond acceptors (Lipinski definition) is 5. The fourth-order valence-corrected chi connectivity index (χ4v) is 2.50. The van der Waals surface area contributed by atoms with E-state index in [2.05, 4.69) is 15.2 Å². The lowest BCUT2D eigenvalue weighted by molar-refractivity contribution is -0.145. The summed E-state index contributed by atoms with van der Waals surface area (Å²) in [6, 6.07) is 3.90. The molecule has 0 spiro atoms. The average Bonchev–Trinajstić information content (AvgIpc) is 3.06. The molecule has 0 amide bonds. The molecule has 0 bridgehead atoms. The summed E-state index contributed by atoms with van der Waals surface area (Å²) < 4.78 is 5.09. The first-order chi connectivity index (χ1) is 9.26. The Morgan fingerprint density at radius 3 is 3.00 bits per heavy atom. The molecular weight excluding hydrogens is 262 g/mol. The zero-order valence-corrected chi connectivity index (χ0v) is 11.9. The maximum Gasteiger partial charge on any atom is 0.316 e. The van der Waals surface area contributed by atoms with E-state index < -0.39 is 0 Å². The minimum absolute atomic E-state index is 0.238. The van der Waals surface area contributed by atoms with E-state index in [0.717, 1.165) is 11.3 Å². The molecule has 5 nitrogen and oxygen atoms in total. The van der Waals surface area contributed by atoms with Crippen molar-refractivity contribution < 1.29 is 9.53 Å². The molecule has 102 valence electrons. The number of H-pyrrole nitrogens is 1. The molecule has 2 aromatic rings. The quantitative estimate of drug-likeness (QED) is 0.825. The van der Waals surface area contributed by atoms with Crippen LogP contribution in [0.15, 0.2) is 17.5 Å². The first kappa shape index (κ1) is 13.7. The lowest BCUT2D eigenvalue weighted by Crippen LogP contribution is -2.17. The molecule has 0 aliphatic carbocycles. The molecule has 6 heteroatoms. The van der Waals surface area contributed by atoms with Gasteiger partial charge in [-0.25, -0.2) is 4.98 Å². The van der Waals surface area contributed by atoms with Crippen molar-refractivity contribution in [2.75, 3.05) is 6.61 Å². The van der Waals surface area contributed by atoms with Gasteiger partial charge in [-0.3, -0.25) is 9.89 Å². The molecule has 0 saturated heterocycles. The Balaban J connectivity index is 2.20. The van der Waals surface area contributed by atoms with Gasteiger partial charge in [-0.2, -0.15) is 5.10 Å². The number of ether oxygens (including phenoxy) is 1. The van der Waals surface area contributed by atoms with Crippen molar-refractivity contribution in [3.05, 3.63) is 23.3 Å². The number of nitrogens with one attached hydrogen (secondary N) is 1. The van der Waals surface area contributed by atoms with E-state index in [-0.39, 0.29) is 11.9 Å². The molecular formula is C13H17N3O2S. The van der Waals surface area contributed by atoms with Crippen molar-refractivity contribution in [1.82, 2.24) is 15.2 Å². The van der Waals surface area contributed by atoms with Gasteiger partial charge in [0.15, 0.2) is 5.82 Å². The maximum atomic E-state index is 11.9. The fourth-order valence-electron chi connectivity index (χ4n) is 1.84. The first-order valence-electron chi connectivity index (χ1n) is 6.39. The molecule has 0 radical (unpaired) electrons. The minimum Gasteiger partial charge on any atom is -0.465 e. The summed E-state index contributed by atoms with van der Waals surface area (Å²) in [6.45, 7) is 4.21. The van der Waals surface area contributed by atoms with Crippen LogP contribution in [0.3, 0.4) is 0 Å². The molecule has 2 aromatic heterocycles. The Kier molecular flexibility index (Phi) is 4.68. The van der Waals surface area contributed by atoms with Crippen molar-refractivity contribution in [1.29, 1.82) is 0 Å². The van der Waals surface area contributed by atoms with Crippen molar-refractivity contribution in [3.63, 3.8) is 0 Å². The number of aromatic amines is 1. The number of nitrogens with zero attached hydrogens (tertiary/aromatic N) is 2. The SMILES string of the molecule is CCCC(C(=O)OCC)c1nc(-c2cccs2)n[nH]1. The number of carbonyl (C=O) groups is 1. The van der Waals surface area contributed by atoms with Gasteiger partial charge < -0.3 is 4.74 Å². The van der Waals surface area contributed by atoms with Gasteiger partial charge in [-0.15, -0.1) is 11.3 Å². The van der Waals surface area contributed by atoms with Crippen LogP contribution < -0.4 is 0 Å². The zero-order chi connectivity index (χ0) is 13.7. The molecule has 0 aliphatic rings. The van der Waals surface area contributed by atoms with Crippen LogP contribution >= 0.6 is 11.3 Å². The summed E-state index contributed by atoms with van der Waals surface area (Å²) in [5, 5.41) is 9.01. The van der Waals surface area contributed by atoms with E-state index in [9.17, 15) is 4.79 Å². The Morgan fingerprint density at radius 2 is 2.37 bits per heavy atom. The minimum atomic E-state index is -0.355. The third kappa shape index (κ3) is 3.20. The highest BCUT2D eigenvalue weighted by molar-refractivity contribution is 7.13. The van der Waals surface area contributed by atoms with E-state index in [1.54, 1.807) is 18.3 Å². The van der Waals surface area contributed by atoms with Crippen molar-refractivity contribution >= 4 is 17.3 Å². The third-order valence-corrected chi connectivity index (χ3v) is 3.59. The predicted molar refractivity (Wildman–Crippen MR) is 74.0 cm³/mol. The van der Waals surface area contributed by atoms with Gasteiger partial charge in [0.1, 0.15) is 11.7 Å². The molecule has 1 unspecified atom stereocenters. The topological polar surface area (TPSA) is 67.9 Å². The van der Waals surface area contributed by atoms with Gasteiger partial charge in [0.05, 0.1) is 11.5 Å². The highest BCUT2D eigenvalue weighted by Crippen LogP contribution is 2.25. The standard InChI is InChI=1S/C13H17N3O2S/c1-3-6-9(13(17)18-4-2)11-14-12(16-15-11)10-7-5-8-19-10/h5,7-9H,3-4,6H2,1-2H3,(H,14,15,16). The summed E-state index contributed by atoms with van der Waals surface area (Å²) in [5.41, 5.74) is 0. The van der Waals surface area contributed by atoms with Crippen molar-refractivity contribution in [2.24, 2.45) is 0 Å². The van der Waals surface area contributed by atoms with Crippen LogP contribution in [0.5, 0.6) is 0 Å². The van der Waals surface area contributed by atoms with Gasteiger partial charge >= 0.3 is 5.97 Å². The van der Waals surface area contributed by atoms with Gasteiger partial charge in [0, 0.05) is 0 Å². The molecule has 1 N–H and O–H groups in total. The predicted octanol–water partition coefficient (Wildman–Crippen LogP) is 2.98. The van der Waals surface area contributed by atoms with Crippen LogP contribution in [0.2, 0.25) is 0 Å². The number of esters is 1. The van der Waals surface area contributed by atoms with Crippen LogP contribution in [0.25, 0.3) is 10.7 Å². The highest BCUT2D eigenvalue weighted by Gasteiger charge is 2.25. The van der Waals surface area contributed by atoms with E-state index in [1.807, 2.05) is 24.4 Å². The smallest absolute Gasteiger partial charge is 0.316 e. The lowest BCUT2D eigenvalue weighted by atomic mass is 10.0. The van der Waals surface area contributed by atoms with E-state index in [0.29, 0.717) is 24.7 Å². The summed E-state index contributed by atoms with van der Waals surface area (Å²) in [4.78, 5) is 17.3. The van der Waals surface area contributed by atoms with Crippen LogP contribution in [-0.4, -0.2) is 27.8 Å². The number of thiophene rings is 1. The molecule has 19 heavy (non-hydrogen) atoms. The van der Waals surface area contributed by atoms with Gasteiger partial charge in [-0.05, 0) is 24.8 Å². The molecule has 0 aromatic carbocycles. The monoisotopic (exact) mass is 279 g/mol. The van der Waals surface area contributed by atoms with E-state index >= 15 is 0 Å². The lowest BCUT2D eigenvalue weighted by Gasteiger charge is -2.11. The van der Waals surface area contributed by atoms with Crippen molar-refractivity contribution in [2.45, 2.75) is 32.6 Å². The third-order valence-electron chi connectivity index (χ3n) is 2.72. The van der Waals surface area contributed by atoms with E-state index in [4.69, 9.17) is 4.74 Å². The Hall–Kier alpha value is -1.69. The Bertz CT molecular complexity index is 522. The average molecular weight is 279 g/mol. The first-order valence-corrected chi connectivity index (χ1v) is 7.27. The zero-order valence-electron chi connectivity index (χ0n) is 11.0. The van der Waals surface area contributed by atoms with Crippen LogP contribution in [-0.2, 0) is 9.53 Å². The number of hydrogen-bond donors (Lipinski definition) is 1. The molecule has 0 aliphatic heterocycles. The molecule has 0 fully saturated rings. The summed E-state index contributed by atoms with van der Waals surface area (Å²) >= 11 is 1.57. The number of rotatable bonds is 6. The molecule has 1 atom stereocenters. The Morgan fingerprint density at radius 1 is 1.53 bits per heavy atom. The highest BCUT2D eigenvalue weighted by atomic mass is 32.1. The second kappa shape index (κ2) is 6.47. The second-order valence-electron chi connectivity index (χ2n) is 4.11. The molecule has 2 heterocycles. The number of carbonyl (C=O) groups excluding carboxylic acids is 1.